The number of pyridine rings is 1. The molecule has 3 nitrogen and oxygen atoms in total. The van der Waals surface area contributed by atoms with Gasteiger partial charge in [0, 0.05) is 28.0 Å². The number of rotatable bonds is 4. The van der Waals surface area contributed by atoms with E-state index >= 15 is 0 Å². The summed E-state index contributed by atoms with van der Waals surface area (Å²) in [6.07, 6.45) is 2.17. The van der Waals surface area contributed by atoms with Gasteiger partial charge >= 0.3 is 0 Å². The number of hydrogen-bond donors (Lipinski definition) is 0. The van der Waals surface area contributed by atoms with E-state index in [1.165, 1.54) is 16.7 Å². The van der Waals surface area contributed by atoms with Crippen LogP contribution in [0.15, 0.2) is 126 Å². The molecule has 0 saturated carbocycles. The Morgan fingerprint density at radius 2 is 1.21 bits per heavy atom. The molecule has 0 atom stereocenters. The van der Waals surface area contributed by atoms with Crippen molar-refractivity contribution in [2.24, 2.45) is 7.05 Å². The van der Waals surface area contributed by atoms with Gasteiger partial charge in [-0.3, -0.25) is 0 Å². The Labute approximate surface area is 245 Å². The fraction of sp³-hybridized carbons (Fsp3) is 0.0769. The second kappa shape index (κ2) is 10.2. The molecule has 5 aromatic carbocycles. The lowest BCUT2D eigenvalue weighted by Gasteiger charge is -2.09. The molecule has 7 aromatic rings. The number of fused-ring (bicyclic) bond motifs is 3. The van der Waals surface area contributed by atoms with Crippen LogP contribution in [0.1, 0.15) is 16.7 Å². The molecule has 2 heterocycles. The van der Waals surface area contributed by atoms with Crippen molar-refractivity contribution < 1.29 is 8.98 Å². The van der Waals surface area contributed by atoms with Crippen LogP contribution in [0.2, 0.25) is 0 Å². The van der Waals surface area contributed by atoms with Crippen LogP contribution in [0.5, 0.6) is 0 Å². The number of aryl methyl sites for hydroxylation is 3. The van der Waals surface area contributed by atoms with E-state index in [2.05, 4.69) is 135 Å². The second-order valence-electron chi connectivity index (χ2n) is 10.9. The summed E-state index contributed by atoms with van der Waals surface area (Å²) < 4.78 is 8.96. The van der Waals surface area contributed by atoms with E-state index in [4.69, 9.17) is 4.42 Å². The van der Waals surface area contributed by atoms with E-state index < -0.39 is 0 Å². The maximum atomic E-state index is 10.1. The van der Waals surface area contributed by atoms with Crippen LogP contribution < -0.4 is 4.57 Å². The Bertz CT molecular complexity index is 2160. The van der Waals surface area contributed by atoms with E-state index in [-0.39, 0.29) is 0 Å². The normalized spacial score (nSPS) is 11.2. The number of benzene rings is 5. The van der Waals surface area contributed by atoms with Gasteiger partial charge in [0.2, 0.25) is 5.69 Å². The molecule has 42 heavy (non-hydrogen) atoms. The van der Waals surface area contributed by atoms with Gasteiger partial charge in [-0.15, -0.1) is 0 Å². The first-order valence-corrected chi connectivity index (χ1v) is 14.1. The molecular weight excluding hydrogens is 512 g/mol. The smallest absolute Gasteiger partial charge is 0.216 e. The van der Waals surface area contributed by atoms with Crippen molar-refractivity contribution in [1.82, 2.24) is 0 Å². The molecular formula is C39H29N2O+. The van der Waals surface area contributed by atoms with Crippen molar-refractivity contribution in [3.63, 3.8) is 0 Å². The standard InChI is InChI=1S/C39H29N2O/c1-25-9-7-8-12-32(25)28-14-16-29(17-15-28)37-30(23-40)18-21-34-33-20-13-26(2)36(38(33)42-39(34)37)35-22-19-31(24-41(35)3)27-10-5-4-6-11-27/h4-22,24H,1-3H3/q+1. The van der Waals surface area contributed by atoms with Gasteiger partial charge in [-0.25, -0.2) is 4.57 Å². The minimum Gasteiger partial charge on any atom is -0.454 e. The summed E-state index contributed by atoms with van der Waals surface area (Å²) >= 11 is 0. The van der Waals surface area contributed by atoms with Crippen molar-refractivity contribution in [2.75, 3.05) is 0 Å². The van der Waals surface area contributed by atoms with Crippen molar-refractivity contribution in [3.05, 3.63) is 138 Å². The number of hydrogen-bond acceptors (Lipinski definition) is 2. The molecule has 0 aliphatic carbocycles. The molecule has 7 rings (SSSR count). The highest BCUT2D eigenvalue weighted by Crippen LogP contribution is 2.42. The third-order valence-corrected chi connectivity index (χ3v) is 8.26. The van der Waals surface area contributed by atoms with Gasteiger partial charge in [0.15, 0.2) is 6.20 Å². The molecule has 0 aliphatic rings. The van der Waals surface area contributed by atoms with Crippen LogP contribution in [-0.2, 0) is 7.05 Å². The first kappa shape index (κ1) is 25.5. The monoisotopic (exact) mass is 541 g/mol. The summed E-state index contributed by atoms with van der Waals surface area (Å²) in [5.41, 5.74) is 13.2. The highest BCUT2D eigenvalue weighted by molar-refractivity contribution is 6.14. The third kappa shape index (κ3) is 4.17. The Kier molecular flexibility index (Phi) is 6.18. The van der Waals surface area contributed by atoms with E-state index in [1.54, 1.807) is 0 Å². The zero-order valence-electron chi connectivity index (χ0n) is 23.8. The van der Waals surface area contributed by atoms with Gasteiger partial charge in [-0.1, -0.05) is 91.0 Å². The first-order chi connectivity index (χ1) is 20.5. The van der Waals surface area contributed by atoms with Crippen molar-refractivity contribution in [1.29, 1.82) is 5.26 Å². The number of nitriles is 1. The Hall–Kier alpha value is -5.46. The molecule has 200 valence electrons. The largest absolute Gasteiger partial charge is 0.454 e. The van der Waals surface area contributed by atoms with Crippen LogP contribution in [0.25, 0.3) is 66.6 Å². The number of nitrogens with zero attached hydrogens (tertiary/aromatic N) is 2. The molecule has 0 saturated heterocycles. The van der Waals surface area contributed by atoms with Gasteiger partial charge in [0.1, 0.15) is 18.2 Å². The van der Waals surface area contributed by atoms with Crippen LogP contribution in [0, 0.1) is 25.2 Å². The van der Waals surface area contributed by atoms with Crippen molar-refractivity contribution in [2.45, 2.75) is 13.8 Å². The van der Waals surface area contributed by atoms with E-state index in [9.17, 15) is 5.26 Å². The van der Waals surface area contributed by atoms with Crippen LogP contribution >= 0.6 is 0 Å². The van der Waals surface area contributed by atoms with Gasteiger partial charge in [-0.05, 0) is 65.4 Å². The highest BCUT2D eigenvalue weighted by atomic mass is 16.3. The zero-order valence-corrected chi connectivity index (χ0v) is 23.8. The minimum absolute atomic E-state index is 0.598. The zero-order chi connectivity index (χ0) is 28.8. The lowest BCUT2D eigenvalue weighted by Crippen LogP contribution is -2.30. The Morgan fingerprint density at radius 3 is 1.93 bits per heavy atom. The molecule has 3 heteroatoms. The summed E-state index contributed by atoms with van der Waals surface area (Å²) in [5, 5.41) is 12.2. The summed E-state index contributed by atoms with van der Waals surface area (Å²) in [7, 11) is 2.08. The maximum Gasteiger partial charge on any atom is 0.216 e. The molecule has 0 unspecified atom stereocenters. The van der Waals surface area contributed by atoms with Crippen molar-refractivity contribution in [3.8, 4) is 50.7 Å². The van der Waals surface area contributed by atoms with Crippen LogP contribution in [-0.4, -0.2) is 0 Å². The summed E-state index contributed by atoms with van der Waals surface area (Å²) in [6.45, 7) is 4.25. The quantitative estimate of drug-likeness (QED) is 0.208. The first-order valence-electron chi connectivity index (χ1n) is 14.1. The molecule has 0 spiro atoms. The summed E-state index contributed by atoms with van der Waals surface area (Å²) in [6, 6.07) is 42.2. The van der Waals surface area contributed by atoms with Gasteiger partial charge in [-0.2, -0.15) is 5.26 Å². The molecule has 0 radical (unpaired) electrons. The van der Waals surface area contributed by atoms with Gasteiger partial charge in [0.05, 0.1) is 17.2 Å². The van der Waals surface area contributed by atoms with E-state index in [1.807, 2.05) is 18.2 Å². The fourth-order valence-corrected chi connectivity index (χ4v) is 6.08. The second-order valence-corrected chi connectivity index (χ2v) is 10.9. The molecule has 0 aliphatic heterocycles. The predicted molar refractivity (Wildman–Crippen MR) is 171 cm³/mol. The number of furan rings is 1. The third-order valence-electron chi connectivity index (χ3n) is 8.26. The summed E-state index contributed by atoms with van der Waals surface area (Å²) in [4.78, 5) is 0. The molecule has 0 amide bonds. The van der Waals surface area contributed by atoms with E-state index in [0.717, 1.165) is 61.0 Å². The van der Waals surface area contributed by atoms with Gasteiger partial charge < -0.3 is 4.42 Å². The highest BCUT2D eigenvalue weighted by Gasteiger charge is 2.23. The average Bonchev–Trinajstić information content (AvgIpc) is 3.40. The number of aromatic nitrogens is 1. The molecule has 0 fully saturated rings. The van der Waals surface area contributed by atoms with Crippen molar-refractivity contribution >= 4 is 21.9 Å². The maximum absolute atomic E-state index is 10.1. The fourth-order valence-electron chi connectivity index (χ4n) is 6.08. The molecule has 0 bridgehead atoms. The van der Waals surface area contributed by atoms with E-state index in [0.29, 0.717) is 5.56 Å². The van der Waals surface area contributed by atoms with Gasteiger partial charge in [0.25, 0.3) is 0 Å². The minimum atomic E-state index is 0.598. The average molecular weight is 542 g/mol. The lowest BCUT2D eigenvalue weighted by atomic mass is 9.94. The topological polar surface area (TPSA) is 40.8 Å². The predicted octanol–water partition coefficient (Wildman–Crippen LogP) is 9.57. The lowest BCUT2D eigenvalue weighted by molar-refractivity contribution is -0.659. The Morgan fingerprint density at radius 1 is 0.571 bits per heavy atom. The SMILES string of the molecule is Cc1ccccc1-c1ccc(-c2c(C#N)ccc3c2oc2c(-c4ccc(-c5ccccc5)c[n+]4C)c(C)ccc23)cc1. The molecule has 0 N–H and O–H groups in total. The molecule has 2 aromatic heterocycles. The Balaban J connectivity index is 1.41. The van der Waals surface area contributed by atoms with Crippen LogP contribution in [0.3, 0.4) is 0 Å². The summed E-state index contributed by atoms with van der Waals surface area (Å²) in [5.74, 6) is 0. The van der Waals surface area contributed by atoms with Crippen LogP contribution in [0.4, 0.5) is 0 Å².